The summed E-state index contributed by atoms with van der Waals surface area (Å²) in [5, 5.41) is 0. The highest BCUT2D eigenvalue weighted by Crippen LogP contribution is 2.17. The van der Waals surface area contributed by atoms with E-state index in [9.17, 15) is 8.42 Å². The number of rotatable bonds is 3. The molecule has 1 heterocycles. The molecular formula is C12H17IN2O2S. The third kappa shape index (κ3) is 3.83. The first-order chi connectivity index (χ1) is 8.58. The van der Waals surface area contributed by atoms with Crippen molar-refractivity contribution in [3.63, 3.8) is 0 Å². The zero-order chi connectivity index (χ0) is 13.0. The highest BCUT2D eigenvalue weighted by atomic mass is 127. The van der Waals surface area contributed by atoms with Crippen molar-refractivity contribution in [3.05, 3.63) is 27.8 Å². The summed E-state index contributed by atoms with van der Waals surface area (Å²) in [6.07, 6.45) is 4.15. The van der Waals surface area contributed by atoms with Crippen molar-refractivity contribution < 1.29 is 8.42 Å². The molecule has 100 valence electrons. The van der Waals surface area contributed by atoms with Gasteiger partial charge in [-0.3, -0.25) is 4.72 Å². The lowest BCUT2D eigenvalue weighted by Crippen LogP contribution is -2.36. The Bertz CT molecular complexity index is 479. The fourth-order valence-electron chi connectivity index (χ4n) is 2.01. The summed E-state index contributed by atoms with van der Waals surface area (Å²) >= 11 is 2.19. The second-order valence-corrected chi connectivity index (χ2v) is 7.34. The van der Waals surface area contributed by atoms with Gasteiger partial charge in [-0.25, -0.2) is 0 Å². The lowest BCUT2D eigenvalue weighted by atomic mass is 10.2. The highest BCUT2D eigenvalue weighted by molar-refractivity contribution is 14.1. The van der Waals surface area contributed by atoms with Crippen LogP contribution in [-0.2, 0) is 10.2 Å². The SMILES string of the molecule is O=S(=O)(Nc1ccc(I)cc1)N1CCCCCC1. The normalized spacial score (nSPS) is 18.3. The van der Waals surface area contributed by atoms with Gasteiger partial charge in [-0.1, -0.05) is 12.8 Å². The molecule has 0 bridgehead atoms. The van der Waals surface area contributed by atoms with Crippen molar-refractivity contribution in [2.45, 2.75) is 25.7 Å². The van der Waals surface area contributed by atoms with E-state index < -0.39 is 10.2 Å². The highest BCUT2D eigenvalue weighted by Gasteiger charge is 2.22. The van der Waals surface area contributed by atoms with Gasteiger partial charge in [-0.05, 0) is 59.7 Å². The molecular weight excluding hydrogens is 363 g/mol. The van der Waals surface area contributed by atoms with Crippen molar-refractivity contribution in [2.24, 2.45) is 0 Å². The Balaban J connectivity index is 2.08. The third-order valence-corrected chi connectivity index (χ3v) is 5.25. The molecule has 1 N–H and O–H groups in total. The molecule has 0 aliphatic carbocycles. The summed E-state index contributed by atoms with van der Waals surface area (Å²) in [5.74, 6) is 0. The van der Waals surface area contributed by atoms with E-state index in [-0.39, 0.29) is 0 Å². The maximum atomic E-state index is 12.2. The lowest BCUT2D eigenvalue weighted by Gasteiger charge is -2.20. The summed E-state index contributed by atoms with van der Waals surface area (Å²) < 4.78 is 29.7. The number of hydrogen-bond donors (Lipinski definition) is 1. The van der Waals surface area contributed by atoms with E-state index >= 15 is 0 Å². The molecule has 1 saturated heterocycles. The van der Waals surface area contributed by atoms with E-state index in [1.807, 2.05) is 12.1 Å². The minimum Gasteiger partial charge on any atom is -0.271 e. The molecule has 2 rings (SSSR count). The molecule has 1 aromatic carbocycles. The molecule has 18 heavy (non-hydrogen) atoms. The smallest absolute Gasteiger partial charge is 0.271 e. The molecule has 0 saturated carbocycles. The lowest BCUT2D eigenvalue weighted by molar-refractivity contribution is 0.427. The van der Waals surface area contributed by atoms with Gasteiger partial charge in [0.2, 0.25) is 0 Å². The molecule has 1 fully saturated rings. The Hall–Kier alpha value is -0.340. The van der Waals surface area contributed by atoms with E-state index in [2.05, 4.69) is 27.3 Å². The number of halogens is 1. The number of nitrogens with zero attached hydrogens (tertiary/aromatic N) is 1. The second kappa shape index (κ2) is 6.21. The average molecular weight is 380 g/mol. The van der Waals surface area contributed by atoms with Crippen LogP contribution in [0.3, 0.4) is 0 Å². The summed E-state index contributed by atoms with van der Waals surface area (Å²) in [6, 6.07) is 7.36. The van der Waals surface area contributed by atoms with Gasteiger partial charge in [-0.2, -0.15) is 12.7 Å². The molecule has 1 aliphatic rings. The Morgan fingerprint density at radius 3 is 2.11 bits per heavy atom. The molecule has 0 spiro atoms. The van der Waals surface area contributed by atoms with Crippen LogP contribution in [0.4, 0.5) is 5.69 Å². The first-order valence-corrected chi connectivity index (χ1v) is 8.63. The van der Waals surface area contributed by atoms with Crippen LogP contribution >= 0.6 is 22.6 Å². The van der Waals surface area contributed by atoms with Gasteiger partial charge in [0.1, 0.15) is 0 Å². The Morgan fingerprint density at radius 2 is 1.56 bits per heavy atom. The van der Waals surface area contributed by atoms with E-state index in [1.54, 1.807) is 16.4 Å². The van der Waals surface area contributed by atoms with Crippen LogP contribution < -0.4 is 4.72 Å². The topological polar surface area (TPSA) is 49.4 Å². The van der Waals surface area contributed by atoms with Crippen molar-refractivity contribution >= 4 is 38.5 Å². The first-order valence-electron chi connectivity index (χ1n) is 6.11. The molecule has 6 heteroatoms. The maximum Gasteiger partial charge on any atom is 0.301 e. The third-order valence-electron chi connectivity index (χ3n) is 3.00. The Morgan fingerprint density at radius 1 is 1.00 bits per heavy atom. The largest absolute Gasteiger partial charge is 0.301 e. The summed E-state index contributed by atoms with van der Waals surface area (Å²) in [7, 11) is -3.39. The molecule has 0 amide bonds. The van der Waals surface area contributed by atoms with Gasteiger partial charge in [0.25, 0.3) is 0 Å². The molecule has 1 aromatic rings. The number of anilines is 1. The molecule has 0 unspecified atom stereocenters. The average Bonchev–Trinajstić information content (AvgIpc) is 2.61. The second-order valence-electron chi connectivity index (χ2n) is 4.43. The number of hydrogen-bond acceptors (Lipinski definition) is 2. The summed E-state index contributed by atoms with van der Waals surface area (Å²) in [5.41, 5.74) is 0.625. The molecule has 0 aromatic heterocycles. The van der Waals surface area contributed by atoms with Crippen molar-refractivity contribution in [2.75, 3.05) is 17.8 Å². The van der Waals surface area contributed by atoms with Crippen LogP contribution in [0.5, 0.6) is 0 Å². The molecule has 0 atom stereocenters. The predicted molar refractivity (Wildman–Crippen MR) is 81.7 cm³/mol. The fourth-order valence-corrected chi connectivity index (χ4v) is 3.67. The van der Waals surface area contributed by atoms with Crippen LogP contribution in [0.2, 0.25) is 0 Å². The fraction of sp³-hybridized carbons (Fsp3) is 0.500. The van der Waals surface area contributed by atoms with Crippen LogP contribution in [-0.4, -0.2) is 25.8 Å². The van der Waals surface area contributed by atoms with Crippen LogP contribution in [0.1, 0.15) is 25.7 Å². The zero-order valence-corrected chi connectivity index (χ0v) is 13.1. The van der Waals surface area contributed by atoms with Gasteiger partial charge in [0.15, 0.2) is 0 Å². The monoisotopic (exact) mass is 380 g/mol. The first kappa shape index (κ1) is 14.1. The molecule has 4 nitrogen and oxygen atoms in total. The quantitative estimate of drug-likeness (QED) is 0.820. The van der Waals surface area contributed by atoms with Gasteiger partial charge in [0, 0.05) is 22.3 Å². The van der Waals surface area contributed by atoms with Crippen molar-refractivity contribution in [1.82, 2.24) is 4.31 Å². The minimum absolute atomic E-state index is 0.625. The number of benzene rings is 1. The van der Waals surface area contributed by atoms with E-state index in [0.717, 1.165) is 29.3 Å². The minimum atomic E-state index is -3.39. The van der Waals surface area contributed by atoms with Gasteiger partial charge >= 0.3 is 10.2 Å². The molecule has 1 aliphatic heterocycles. The maximum absolute atomic E-state index is 12.2. The van der Waals surface area contributed by atoms with Crippen LogP contribution in [0.25, 0.3) is 0 Å². The summed E-state index contributed by atoms with van der Waals surface area (Å²) in [4.78, 5) is 0. The van der Waals surface area contributed by atoms with Gasteiger partial charge in [-0.15, -0.1) is 0 Å². The zero-order valence-electron chi connectivity index (χ0n) is 10.1. The Labute approximate surface area is 122 Å². The van der Waals surface area contributed by atoms with Crippen LogP contribution in [0, 0.1) is 3.57 Å². The standard InChI is InChI=1S/C12H17IN2O2S/c13-11-5-7-12(8-6-11)14-18(16,17)15-9-3-1-2-4-10-15/h5-8,14H,1-4,9-10H2. The van der Waals surface area contributed by atoms with E-state index in [0.29, 0.717) is 18.8 Å². The van der Waals surface area contributed by atoms with E-state index in [4.69, 9.17) is 0 Å². The van der Waals surface area contributed by atoms with Gasteiger partial charge in [0.05, 0.1) is 0 Å². The number of nitrogens with one attached hydrogen (secondary N) is 1. The predicted octanol–water partition coefficient (Wildman–Crippen LogP) is 2.82. The summed E-state index contributed by atoms with van der Waals surface area (Å²) in [6.45, 7) is 1.25. The molecule has 0 radical (unpaired) electrons. The van der Waals surface area contributed by atoms with E-state index in [1.165, 1.54) is 0 Å². The van der Waals surface area contributed by atoms with Crippen molar-refractivity contribution in [1.29, 1.82) is 0 Å². The van der Waals surface area contributed by atoms with Crippen LogP contribution in [0.15, 0.2) is 24.3 Å². The van der Waals surface area contributed by atoms with Gasteiger partial charge < -0.3 is 0 Å². The Kier molecular flexibility index (Phi) is 4.85. The van der Waals surface area contributed by atoms with Crippen molar-refractivity contribution in [3.8, 4) is 0 Å².